The van der Waals surface area contributed by atoms with Gasteiger partial charge < -0.3 is 0 Å². The monoisotopic (exact) mass is 1490 g/mol. The van der Waals surface area contributed by atoms with Crippen LogP contribution < -0.4 is 0 Å². The van der Waals surface area contributed by atoms with Crippen LogP contribution in [0.25, 0.3) is 213 Å². The predicted octanol–water partition coefficient (Wildman–Crippen LogP) is 25.3. The van der Waals surface area contributed by atoms with E-state index in [2.05, 4.69) is 223 Å². The van der Waals surface area contributed by atoms with Crippen LogP contribution in [0.4, 0.5) is 0 Å². The Hall–Kier alpha value is -14.4. The zero-order valence-corrected chi connectivity index (χ0v) is 62.0. The fourth-order valence-electron chi connectivity index (χ4n) is 15.1. The normalized spacial score (nSPS) is 11.6. The summed E-state index contributed by atoms with van der Waals surface area (Å²) in [5.41, 5.74) is 15.9. The van der Waals surface area contributed by atoms with Crippen LogP contribution in [0.5, 0.6) is 0 Å². The minimum absolute atomic E-state index is 0.563. The fraction of sp³-hybridized carbons (Fsp3) is 0. The number of thiophene rings is 3. The topological polar surface area (TPSA) is 147 Å². The molecule has 14 aromatic carbocycles. The lowest BCUT2D eigenvalue weighted by Crippen LogP contribution is -2.06. The lowest BCUT2D eigenvalue weighted by atomic mass is 10.0. The molecule has 22 rings (SSSR count). The zero-order valence-electron chi connectivity index (χ0n) is 59.6. The minimum Gasteiger partial charge on any atom is -0.278 e. The molecule has 524 valence electrons. The summed E-state index contributed by atoms with van der Waals surface area (Å²) in [5.74, 6) is 6.25. The van der Waals surface area contributed by atoms with Crippen LogP contribution in [0.1, 0.15) is 0 Å². The van der Waals surface area contributed by atoms with Crippen molar-refractivity contribution in [3.63, 3.8) is 0 Å². The molecule has 0 fully saturated rings. The van der Waals surface area contributed by atoms with Crippen molar-refractivity contribution in [1.82, 2.24) is 59.4 Å². The Labute approximate surface area is 653 Å². The summed E-state index contributed by atoms with van der Waals surface area (Å²) < 4.78 is 8.93. The first-order chi connectivity index (χ1) is 55.5. The predicted molar refractivity (Wildman–Crippen MR) is 461 cm³/mol. The van der Waals surface area contributed by atoms with Crippen molar-refractivity contribution in [3.05, 3.63) is 352 Å². The highest BCUT2D eigenvalue weighted by Crippen LogP contribution is 2.48. The Balaban J connectivity index is 0.000000145. The Morgan fingerprint density at radius 1 is 0.188 bits per heavy atom. The molecule has 0 spiro atoms. The van der Waals surface area contributed by atoms with Gasteiger partial charge in [-0.05, 0) is 53.6 Å². The number of nitrogens with zero attached hydrogens (tertiary/aromatic N) is 12. The third-order valence-electron chi connectivity index (χ3n) is 20.3. The third-order valence-corrected chi connectivity index (χ3v) is 23.9. The zero-order chi connectivity index (χ0) is 74.0. The Bertz CT molecular complexity index is 7250. The largest absolute Gasteiger partial charge is 0.278 e. The van der Waals surface area contributed by atoms with Gasteiger partial charge in [0.2, 0.25) is 5.95 Å². The summed E-state index contributed by atoms with van der Waals surface area (Å²) in [6.45, 7) is 0. The smallest absolute Gasteiger partial charge is 0.238 e. The second-order valence-corrected chi connectivity index (χ2v) is 30.3. The summed E-state index contributed by atoms with van der Waals surface area (Å²) >= 11 is 5.23. The van der Waals surface area contributed by atoms with E-state index >= 15 is 0 Å². The van der Waals surface area contributed by atoms with Gasteiger partial charge in [0.1, 0.15) is 0 Å². The molecule has 12 nitrogen and oxygen atoms in total. The van der Waals surface area contributed by atoms with E-state index in [0.717, 1.165) is 156 Å². The molecule has 0 aliphatic carbocycles. The average Bonchev–Trinajstić information content (AvgIpc) is 1.58. The number of hydrogen-bond acceptors (Lipinski definition) is 14. The lowest BCUT2D eigenvalue weighted by Gasteiger charge is -2.11. The number of rotatable bonds is 12. The first kappa shape index (κ1) is 65.9. The van der Waals surface area contributed by atoms with Gasteiger partial charge in [-0.25, -0.2) is 44.9 Å². The Morgan fingerprint density at radius 2 is 0.491 bits per heavy atom. The molecule has 0 amide bonds. The van der Waals surface area contributed by atoms with Gasteiger partial charge >= 0.3 is 0 Å². The van der Waals surface area contributed by atoms with Gasteiger partial charge in [-0.2, -0.15) is 9.97 Å². The molecule has 0 aliphatic rings. The van der Waals surface area contributed by atoms with Crippen molar-refractivity contribution in [1.29, 1.82) is 0 Å². The summed E-state index contributed by atoms with van der Waals surface area (Å²) in [6.07, 6.45) is 0. The van der Waals surface area contributed by atoms with E-state index in [9.17, 15) is 0 Å². The van der Waals surface area contributed by atoms with Crippen molar-refractivity contribution in [2.24, 2.45) is 0 Å². The Morgan fingerprint density at radius 3 is 0.964 bits per heavy atom. The quantitative estimate of drug-likeness (QED) is 0.115. The third kappa shape index (κ3) is 11.9. The van der Waals surface area contributed by atoms with E-state index in [4.69, 9.17) is 54.8 Å². The van der Waals surface area contributed by atoms with E-state index in [-0.39, 0.29) is 0 Å². The van der Waals surface area contributed by atoms with Crippen LogP contribution in [0.15, 0.2) is 352 Å². The molecule has 0 saturated carbocycles. The maximum absolute atomic E-state index is 5.30. The van der Waals surface area contributed by atoms with E-state index in [1.54, 1.807) is 34.0 Å². The maximum atomic E-state index is 5.30. The van der Waals surface area contributed by atoms with Crippen LogP contribution >= 0.6 is 34.0 Å². The van der Waals surface area contributed by atoms with E-state index in [1.807, 2.05) is 133 Å². The van der Waals surface area contributed by atoms with Gasteiger partial charge in [-0.15, -0.1) is 34.0 Å². The molecule has 0 aliphatic heterocycles. The number of hydrogen-bond donors (Lipinski definition) is 0. The first-order valence-electron chi connectivity index (χ1n) is 36.8. The molecule has 0 atom stereocenters. The molecule has 0 saturated heterocycles. The Kier molecular flexibility index (Phi) is 16.5. The SMILES string of the molecule is c1ccc(-c2ccc(-c3nc(-c4ccccc4)nc(-c4cccc5sc6c(-c7nc(-c8ccccc8)nc(-n8c9ccccc9c9ccccc98)n7)cccc6c45)n3)cc2)cc1.c1ccc(-c2nc(-c3ccccc3)nc(-c3cccc4sc5c(-c6nc(-c7ccccc7)c7sc8ccccc8c7n6)cccc5c34)n2)cc1. The summed E-state index contributed by atoms with van der Waals surface area (Å²) in [5, 5.41) is 7.83. The van der Waals surface area contributed by atoms with Gasteiger partial charge in [0, 0.05) is 117 Å². The summed E-state index contributed by atoms with van der Waals surface area (Å²) in [7, 11) is 0. The molecule has 0 radical (unpaired) electrons. The van der Waals surface area contributed by atoms with Crippen LogP contribution in [-0.2, 0) is 0 Å². The van der Waals surface area contributed by atoms with E-state index in [0.29, 0.717) is 52.5 Å². The fourth-order valence-corrected chi connectivity index (χ4v) is 18.7. The van der Waals surface area contributed by atoms with Crippen LogP contribution in [0.3, 0.4) is 0 Å². The molecule has 0 unspecified atom stereocenters. The summed E-state index contributed by atoms with van der Waals surface area (Å²) in [6, 6.07) is 121. The van der Waals surface area contributed by atoms with Crippen molar-refractivity contribution in [3.8, 4) is 131 Å². The van der Waals surface area contributed by atoms with Crippen molar-refractivity contribution in [2.75, 3.05) is 0 Å². The second-order valence-electron chi connectivity index (χ2n) is 27.1. The second kappa shape index (κ2) is 28.0. The van der Waals surface area contributed by atoms with Crippen LogP contribution in [0.2, 0.25) is 0 Å². The highest BCUT2D eigenvalue weighted by Gasteiger charge is 2.26. The van der Waals surface area contributed by atoms with Gasteiger partial charge in [-0.3, -0.25) is 4.57 Å². The van der Waals surface area contributed by atoms with Gasteiger partial charge in [0.15, 0.2) is 52.4 Å². The molecule has 15 heteroatoms. The number of benzene rings is 14. The molecule has 0 bridgehead atoms. The molecular formula is C97H58N12S3. The minimum atomic E-state index is 0.563. The van der Waals surface area contributed by atoms with Crippen LogP contribution in [-0.4, -0.2) is 59.4 Å². The van der Waals surface area contributed by atoms with Gasteiger partial charge in [0.05, 0.1) is 26.9 Å². The lowest BCUT2D eigenvalue weighted by molar-refractivity contribution is 0.954. The highest BCUT2D eigenvalue weighted by atomic mass is 32.1. The van der Waals surface area contributed by atoms with Gasteiger partial charge in [0.25, 0.3) is 0 Å². The van der Waals surface area contributed by atoms with Gasteiger partial charge in [-0.1, -0.05) is 309 Å². The molecule has 22 aromatic rings. The number of para-hydroxylation sites is 2. The first-order valence-corrected chi connectivity index (χ1v) is 39.3. The van der Waals surface area contributed by atoms with Crippen molar-refractivity contribution in [2.45, 2.75) is 0 Å². The molecule has 8 aromatic heterocycles. The maximum Gasteiger partial charge on any atom is 0.238 e. The van der Waals surface area contributed by atoms with Crippen LogP contribution in [0, 0.1) is 0 Å². The number of fused-ring (bicyclic) bond motifs is 12. The highest BCUT2D eigenvalue weighted by molar-refractivity contribution is 7.27. The van der Waals surface area contributed by atoms with E-state index in [1.165, 1.54) is 4.70 Å². The molecule has 0 N–H and O–H groups in total. The average molecular weight is 1490 g/mol. The number of aromatic nitrogens is 12. The molecule has 112 heavy (non-hydrogen) atoms. The van der Waals surface area contributed by atoms with E-state index < -0.39 is 0 Å². The standard InChI is InChI=1S/C54H33N7S.C43H25N5S2/c1-4-16-34(17-5-1)35-30-32-38(33-31-35)50-55-49(36-18-6-2-7-19-36)56-52(57-50)42-25-15-29-46-47(42)41-24-14-26-43(48(41)62-46)53-58-51(37-20-8-3-9-21-37)59-54(60-53)61-44-27-12-10-22-39(44)40-23-11-13-28-45(40)61;1-4-14-26(15-5-1)36-39-37(29-20-10-11-24-33(29)49-39)45-43(44-36)32-23-12-21-30-35-31(22-13-25-34(35)50-38(30)32)42-47-40(27-16-6-2-7-17-27)46-41(48-42)28-18-8-3-9-19-28/h1-33H;1-25H. The summed E-state index contributed by atoms with van der Waals surface area (Å²) in [4.78, 5) is 56.7. The molecular weight excluding hydrogens is 1430 g/mol. The van der Waals surface area contributed by atoms with Crippen molar-refractivity contribution >= 4 is 116 Å². The van der Waals surface area contributed by atoms with Crippen molar-refractivity contribution < 1.29 is 0 Å². The molecule has 8 heterocycles.